The second-order valence-electron chi connectivity index (χ2n) is 4.78. The van der Waals surface area contributed by atoms with Gasteiger partial charge in [0.2, 0.25) is 0 Å². The Hall–Kier alpha value is -2.55. The van der Waals surface area contributed by atoms with E-state index in [9.17, 15) is 0 Å². The molecule has 0 aliphatic carbocycles. The minimum atomic E-state index is 0.748. The predicted molar refractivity (Wildman–Crippen MR) is 79.0 cm³/mol. The minimum absolute atomic E-state index is 0.748. The molecule has 0 N–H and O–H groups in total. The number of benzene rings is 2. The van der Waals surface area contributed by atoms with Gasteiger partial charge in [-0.05, 0) is 30.2 Å². The minimum Gasteiger partial charge on any atom is -0.454 e. The molecule has 0 unspecified atom stereocenters. The molecule has 0 amide bonds. The number of hydrogen-bond acceptors (Lipinski definition) is 2. The number of hydrogen-bond donors (Lipinski definition) is 0. The lowest BCUT2D eigenvalue weighted by Crippen LogP contribution is -1.99. The molecular formula is C17H16N2O. The Balaban J connectivity index is 1.71. The Labute approximate surface area is 118 Å². The summed E-state index contributed by atoms with van der Waals surface area (Å²) in [5.41, 5.74) is 2.40. The van der Waals surface area contributed by atoms with E-state index in [0.29, 0.717) is 0 Å². The first kappa shape index (κ1) is 12.5. The standard InChI is InChI=1S/C17H16N2O/c1-14-6-5-9-16(10-14)20-17-11-18-19(13-17)12-15-7-3-2-4-8-15/h2-11,13H,12H2,1H3. The van der Waals surface area contributed by atoms with Crippen LogP contribution in [0.2, 0.25) is 0 Å². The molecule has 20 heavy (non-hydrogen) atoms. The molecule has 3 nitrogen and oxygen atoms in total. The molecule has 1 aromatic heterocycles. The van der Waals surface area contributed by atoms with Gasteiger partial charge in [-0.15, -0.1) is 0 Å². The molecule has 0 aliphatic heterocycles. The van der Waals surface area contributed by atoms with Crippen LogP contribution in [-0.4, -0.2) is 9.78 Å². The average Bonchev–Trinajstić information content (AvgIpc) is 2.87. The summed E-state index contributed by atoms with van der Waals surface area (Å²) in [4.78, 5) is 0. The summed E-state index contributed by atoms with van der Waals surface area (Å²) in [6.45, 7) is 2.80. The van der Waals surface area contributed by atoms with Gasteiger partial charge >= 0.3 is 0 Å². The molecule has 0 atom stereocenters. The van der Waals surface area contributed by atoms with Gasteiger partial charge in [0.25, 0.3) is 0 Å². The highest BCUT2D eigenvalue weighted by atomic mass is 16.5. The highest BCUT2D eigenvalue weighted by Crippen LogP contribution is 2.21. The Kier molecular flexibility index (Phi) is 3.50. The van der Waals surface area contributed by atoms with Crippen molar-refractivity contribution in [3.63, 3.8) is 0 Å². The lowest BCUT2D eigenvalue weighted by atomic mass is 10.2. The van der Waals surface area contributed by atoms with Gasteiger partial charge < -0.3 is 4.74 Å². The Morgan fingerprint density at radius 3 is 2.65 bits per heavy atom. The van der Waals surface area contributed by atoms with Crippen molar-refractivity contribution in [1.29, 1.82) is 0 Å². The molecule has 3 heteroatoms. The fraction of sp³-hybridized carbons (Fsp3) is 0.118. The zero-order chi connectivity index (χ0) is 13.8. The molecule has 100 valence electrons. The lowest BCUT2D eigenvalue weighted by Gasteiger charge is -2.03. The van der Waals surface area contributed by atoms with Crippen molar-refractivity contribution in [3.05, 3.63) is 78.1 Å². The number of ether oxygens (including phenoxy) is 1. The summed E-state index contributed by atoms with van der Waals surface area (Å²) < 4.78 is 7.67. The van der Waals surface area contributed by atoms with Gasteiger partial charge in [0.15, 0.2) is 5.75 Å². The Bertz CT molecular complexity index is 689. The maximum atomic E-state index is 5.79. The molecule has 0 fully saturated rings. The van der Waals surface area contributed by atoms with E-state index in [-0.39, 0.29) is 0 Å². The predicted octanol–water partition coefficient (Wildman–Crippen LogP) is 4.03. The first-order valence-corrected chi connectivity index (χ1v) is 6.60. The Morgan fingerprint density at radius 2 is 1.85 bits per heavy atom. The van der Waals surface area contributed by atoms with Crippen LogP contribution in [0.1, 0.15) is 11.1 Å². The Morgan fingerprint density at radius 1 is 1.00 bits per heavy atom. The van der Waals surface area contributed by atoms with Crippen LogP contribution in [0.3, 0.4) is 0 Å². The molecule has 1 heterocycles. The second-order valence-corrected chi connectivity index (χ2v) is 4.78. The third-order valence-corrected chi connectivity index (χ3v) is 3.02. The van der Waals surface area contributed by atoms with Crippen LogP contribution in [0.25, 0.3) is 0 Å². The number of aromatic nitrogens is 2. The largest absolute Gasteiger partial charge is 0.454 e. The summed E-state index contributed by atoms with van der Waals surface area (Å²) >= 11 is 0. The number of nitrogens with zero attached hydrogens (tertiary/aromatic N) is 2. The van der Waals surface area contributed by atoms with E-state index in [4.69, 9.17) is 4.74 Å². The van der Waals surface area contributed by atoms with Gasteiger partial charge in [0.05, 0.1) is 18.9 Å². The molecule has 3 rings (SSSR count). The third kappa shape index (κ3) is 3.06. The van der Waals surface area contributed by atoms with Crippen LogP contribution in [0.5, 0.6) is 11.5 Å². The maximum absolute atomic E-state index is 5.79. The van der Waals surface area contributed by atoms with E-state index >= 15 is 0 Å². The first-order chi connectivity index (χ1) is 9.79. The summed E-state index contributed by atoms with van der Waals surface area (Å²) in [6, 6.07) is 18.2. The van der Waals surface area contributed by atoms with E-state index in [1.54, 1.807) is 6.20 Å². The van der Waals surface area contributed by atoms with Gasteiger partial charge in [0.1, 0.15) is 5.75 Å². The van der Waals surface area contributed by atoms with Gasteiger partial charge in [-0.1, -0.05) is 42.5 Å². The summed E-state index contributed by atoms with van der Waals surface area (Å²) in [5, 5.41) is 4.32. The van der Waals surface area contributed by atoms with E-state index in [1.165, 1.54) is 11.1 Å². The molecular weight excluding hydrogens is 248 g/mol. The zero-order valence-electron chi connectivity index (χ0n) is 11.4. The number of rotatable bonds is 4. The SMILES string of the molecule is Cc1cccc(Oc2cnn(Cc3ccccc3)c2)c1. The van der Waals surface area contributed by atoms with Gasteiger partial charge in [0, 0.05) is 0 Å². The summed E-state index contributed by atoms with van der Waals surface area (Å²) in [6.07, 6.45) is 3.65. The molecule has 0 saturated heterocycles. The molecule has 0 aliphatic rings. The van der Waals surface area contributed by atoms with Gasteiger partial charge in [-0.3, -0.25) is 4.68 Å². The van der Waals surface area contributed by atoms with Crippen molar-refractivity contribution in [2.24, 2.45) is 0 Å². The van der Waals surface area contributed by atoms with Crippen LogP contribution in [0.15, 0.2) is 67.0 Å². The zero-order valence-corrected chi connectivity index (χ0v) is 11.4. The summed E-state index contributed by atoms with van der Waals surface area (Å²) in [5.74, 6) is 1.59. The van der Waals surface area contributed by atoms with Crippen molar-refractivity contribution in [2.75, 3.05) is 0 Å². The number of aryl methyl sites for hydroxylation is 1. The normalized spacial score (nSPS) is 10.4. The lowest BCUT2D eigenvalue weighted by molar-refractivity contribution is 0.481. The van der Waals surface area contributed by atoms with Crippen LogP contribution in [0.4, 0.5) is 0 Å². The van der Waals surface area contributed by atoms with Crippen molar-refractivity contribution in [2.45, 2.75) is 13.5 Å². The smallest absolute Gasteiger partial charge is 0.165 e. The molecule has 2 aromatic carbocycles. The quantitative estimate of drug-likeness (QED) is 0.711. The average molecular weight is 264 g/mol. The monoisotopic (exact) mass is 264 g/mol. The highest BCUT2D eigenvalue weighted by Gasteiger charge is 2.02. The van der Waals surface area contributed by atoms with E-state index in [0.717, 1.165) is 18.0 Å². The van der Waals surface area contributed by atoms with Crippen molar-refractivity contribution < 1.29 is 4.74 Å². The van der Waals surface area contributed by atoms with Gasteiger partial charge in [-0.25, -0.2) is 0 Å². The van der Waals surface area contributed by atoms with Crippen LogP contribution in [-0.2, 0) is 6.54 Å². The highest BCUT2D eigenvalue weighted by molar-refractivity contribution is 5.31. The fourth-order valence-electron chi connectivity index (χ4n) is 2.07. The van der Waals surface area contributed by atoms with Crippen molar-refractivity contribution in [1.82, 2.24) is 9.78 Å². The fourth-order valence-corrected chi connectivity index (χ4v) is 2.07. The molecule has 3 aromatic rings. The van der Waals surface area contributed by atoms with Crippen LogP contribution < -0.4 is 4.74 Å². The van der Waals surface area contributed by atoms with E-state index in [2.05, 4.69) is 17.2 Å². The second kappa shape index (κ2) is 5.61. The maximum Gasteiger partial charge on any atom is 0.165 e. The van der Waals surface area contributed by atoms with Crippen LogP contribution >= 0.6 is 0 Å². The van der Waals surface area contributed by atoms with Crippen molar-refractivity contribution in [3.8, 4) is 11.5 Å². The molecule has 0 radical (unpaired) electrons. The molecule has 0 bridgehead atoms. The van der Waals surface area contributed by atoms with Crippen LogP contribution in [0, 0.1) is 6.92 Å². The molecule has 0 spiro atoms. The first-order valence-electron chi connectivity index (χ1n) is 6.60. The topological polar surface area (TPSA) is 27.1 Å². The van der Waals surface area contributed by atoms with Gasteiger partial charge in [-0.2, -0.15) is 5.10 Å². The van der Waals surface area contributed by atoms with E-state index < -0.39 is 0 Å². The molecule has 0 saturated carbocycles. The van der Waals surface area contributed by atoms with Crippen molar-refractivity contribution >= 4 is 0 Å². The third-order valence-electron chi connectivity index (χ3n) is 3.02. The summed E-state index contributed by atoms with van der Waals surface area (Å²) in [7, 11) is 0. The van der Waals surface area contributed by atoms with E-state index in [1.807, 2.05) is 60.3 Å².